The van der Waals surface area contributed by atoms with E-state index in [1.54, 1.807) is 6.20 Å². The van der Waals surface area contributed by atoms with E-state index in [2.05, 4.69) is 21.9 Å². The Labute approximate surface area is 89.3 Å². The van der Waals surface area contributed by atoms with Crippen molar-refractivity contribution in [2.75, 3.05) is 13.6 Å². The maximum atomic E-state index is 11.5. The predicted octanol–water partition coefficient (Wildman–Crippen LogP) is 1.06. The minimum Gasteiger partial charge on any atom is -0.300 e. The van der Waals surface area contributed by atoms with E-state index in [1.807, 2.05) is 6.92 Å². The molecule has 0 N–H and O–H groups in total. The van der Waals surface area contributed by atoms with Crippen LogP contribution >= 0.6 is 0 Å². The van der Waals surface area contributed by atoms with Gasteiger partial charge in [0, 0.05) is 25.9 Å². The van der Waals surface area contributed by atoms with Crippen LogP contribution < -0.4 is 0 Å². The number of rotatable bonds is 2. The third kappa shape index (κ3) is 2.04. The first-order valence-electron chi connectivity index (χ1n) is 5.27. The molecule has 0 fully saturated rings. The smallest absolute Gasteiger partial charge is 0.182 e. The van der Waals surface area contributed by atoms with Gasteiger partial charge in [0.15, 0.2) is 5.78 Å². The molecule has 80 valence electrons. The molecule has 2 rings (SSSR count). The highest BCUT2D eigenvalue weighted by molar-refractivity contribution is 5.93. The Morgan fingerprint density at radius 1 is 1.53 bits per heavy atom. The third-order valence-corrected chi connectivity index (χ3v) is 2.69. The first-order valence-corrected chi connectivity index (χ1v) is 5.27. The predicted molar refractivity (Wildman–Crippen MR) is 56.7 cm³/mol. The molecule has 1 aromatic heterocycles. The summed E-state index contributed by atoms with van der Waals surface area (Å²) in [4.78, 5) is 22.3. The lowest BCUT2D eigenvalue weighted by Crippen LogP contribution is -2.28. The average molecular weight is 205 g/mol. The summed E-state index contributed by atoms with van der Waals surface area (Å²) >= 11 is 0. The van der Waals surface area contributed by atoms with Gasteiger partial charge in [0.25, 0.3) is 0 Å². The van der Waals surface area contributed by atoms with E-state index >= 15 is 0 Å². The zero-order valence-electron chi connectivity index (χ0n) is 9.16. The first kappa shape index (κ1) is 10.2. The molecule has 0 bridgehead atoms. The number of likely N-dealkylation sites (N-methyl/N-ethyl adjacent to an activating group) is 1. The second-order valence-electron chi connectivity index (χ2n) is 3.91. The molecule has 0 amide bonds. The molecule has 0 atom stereocenters. The van der Waals surface area contributed by atoms with Crippen molar-refractivity contribution in [3.8, 4) is 0 Å². The Morgan fingerprint density at radius 3 is 3.07 bits per heavy atom. The topological polar surface area (TPSA) is 46.1 Å². The molecule has 0 aromatic carbocycles. The molecule has 1 aliphatic heterocycles. The van der Waals surface area contributed by atoms with Crippen molar-refractivity contribution in [1.82, 2.24) is 14.9 Å². The molecule has 15 heavy (non-hydrogen) atoms. The van der Waals surface area contributed by atoms with Crippen molar-refractivity contribution in [3.63, 3.8) is 0 Å². The lowest BCUT2D eigenvalue weighted by atomic mass is 10.1. The fourth-order valence-electron chi connectivity index (χ4n) is 1.73. The van der Waals surface area contributed by atoms with Crippen molar-refractivity contribution < 1.29 is 4.79 Å². The molecule has 0 unspecified atom stereocenters. The average Bonchev–Trinajstić information content (AvgIpc) is 2.27. The second kappa shape index (κ2) is 4.06. The number of nitrogens with zero attached hydrogens (tertiary/aromatic N) is 3. The fourth-order valence-corrected chi connectivity index (χ4v) is 1.73. The van der Waals surface area contributed by atoms with Crippen LogP contribution in [0.2, 0.25) is 0 Å². The number of carbonyl (C=O) groups excluding carboxylic acids is 1. The fraction of sp³-hybridized carbons (Fsp3) is 0.545. The Morgan fingerprint density at radius 2 is 2.33 bits per heavy atom. The van der Waals surface area contributed by atoms with E-state index in [-0.39, 0.29) is 5.78 Å². The number of ketones is 1. The Balaban J connectivity index is 2.32. The molecule has 0 radical (unpaired) electrons. The highest BCUT2D eigenvalue weighted by Gasteiger charge is 2.17. The van der Waals surface area contributed by atoms with Crippen LogP contribution in [0.15, 0.2) is 6.20 Å². The van der Waals surface area contributed by atoms with Gasteiger partial charge in [-0.2, -0.15) is 0 Å². The minimum atomic E-state index is 0.0681. The number of Topliss-reactive ketones (excluding diaryl/α,β-unsaturated/α-hetero) is 1. The molecule has 1 aliphatic rings. The highest BCUT2D eigenvalue weighted by Crippen LogP contribution is 2.14. The molecule has 0 spiro atoms. The summed E-state index contributed by atoms with van der Waals surface area (Å²) in [5.41, 5.74) is 2.51. The van der Waals surface area contributed by atoms with Gasteiger partial charge in [-0.3, -0.25) is 9.78 Å². The van der Waals surface area contributed by atoms with Crippen LogP contribution in [0.1, 0.15) is 35.2 Å². The van der Waals surface area contributed by atoms with Crippen LogP contribution in [-0.4, -0.2) is 34.2 Å². The summed E-state index contributed by atoms with van der Waals surface area (Å²) in [7, 11) is 2.05. The van der Waals surface area contributed by atoms with Gasteiger partial charge in [0.1, 0.15) is 5.69 Å². The zero-order chi connectivity index (χ0) is 10.8. The number of carbonyl (C=O) groups is 1. The Hall–Kier alpha value is -1.29. The van der Waals surface area contributed by atoms with Crippen LogP contribution in [0.3, 0.4) is 0 Å². The van der Waals surface area contributed by atoms with Crippen LogP contribution in [-0.2, 0) is 13.0 Å². The summed E-state index contributed by atoms with van der Waals surface area (Å²) in [6.07, 6.45) is 3.03. The zero-order valence-corrected chi connectivity index (χ0v) is 9.16. The van der Waals surface area contributed by atoms with Crippen molar-refractivity contribution >= 4 is 5.78 Å². The summed E-state index contributed by atoms with van der Waals surface area (Å²) in [6, 6.07) is 0. The molecule has 4 heteroatoms. The van der Waals surface area contributed by atoms with Crippen LogP contribution in [0.25, 0.3) is 0 Å². The van der Waals surface area contributed by atoms with Gasteiger partial charge in [-0.15, -0.1) is 0 Å². The van der Waals surface area contributed by atoms with Crippen molar-refractivity contribution in [2.45, 2.75) is 26.3 Å². The van der Waals surface area contributed by atoms with E-state index in [4.69, 9.17) is 0 Å². The van der Waals surface area contributed by atoms with Crippen molar-refractivity contribution in [2.24, 2.45) is 0 Å². The SMILES string of the molecule is CCC(=O)c1cnc2c(n1)CN(C)CC2. The highest BCUT2D eigenvalue weighted by atomic mass is 16.1. The Kier molecular flexibility index (Phi) is 2.77. The quantitative estimate of drug-likeness (QED) is 0.677. The normalized spacial score (nSPS) is 16.1. The van der Waals surface area contributed by atoms with Gasteiger partial charge in [-0.25, -0.2) is 4.98 Å². The van der Waals surface area contributed by atoms with Gasteiger partial charge >= 0.3 is 0 Å². The minimum absolute atomic E-state index is 0.0681. The number of fused-ring (bicyclic) bond motifs is 1. The standard InChI is InChI=1S/C11H15N3O/c1-3-11(15)9-6-12-8-4-5-14(2)7-10(8)13-9/h6H,3-5,7H2,1-2H3. The number of hydrogen-bond acceptors (Lipinski definition) is 4. The molecule has 1 aromatic rings. The number of aromatic nitrogens is 2. The summed E-state index contributed by atoms with van der Waals surface area (Å²) in [5.74, 6) is 0.0681. The monoisotopic (exact) mass is 205 g/mol. The summed E-state index contributed by atoms with van der Waals surface area (Å²) in [5, 5.41) is 0. The van der Waals surface area contributed by atoms with E-state index in [0.29, 0.717) is 12.1 Å². The largest absolute Gasteiger partial charge is 0.300 e. The van der Waals surface area contributed by atoms with Crippen LogP contribution in [0.5, 0.6) is 0 Å². The van der Waals surface area contributed by atoms with Crippen LogP contribution in [0, 0.1) is 0 Å². The van der Waals surface area contributed by atoms with E-state index < -0.39 is 0 Å². The molecular weight excluding hydrogens is 190 g/mol. The van der Waals surface area contributed by atoms with Gasteiger partial charge in [-0.05, 0) is 7.05 Å². The van der Waals surface area contributed by atoms with Crippen molar-refractivity contribution in [1.29, 1.82) is 0 Å². The third-order valence-electron chi connectivity index (χ3n) is 2.69. The number of hydrogen-bond donors (Lipinski definition) is 0. The van der Waals surface area contributed by atoms with Gasteiger partial charge in [0.05, 0.1) is 17.6 Å². The summed E-state index contributed by atoms with van der Waals surface area (Å²) in [6.45, 7) is 3.66. The van der Waals surface area contributed by atoms with Crippen LogP contribution in [0.4, 0.5) is 0 Å². The van der Waals surface area contributed by atoms with E-state index in [9.17, 15) is 4.79 Å². The van der Waals surface area contributed by atoms with Gasteiger partial charge < -0.3 is 4.90 Å². The van der Waals surface area contributed by atoms with E-state index in [0.717, 1.165) is 30.9 Å². The Bertz CT molecular complexity index is 389. The van der Waals surface area contributed by atoms with Crippen molar-refractivity contribution in [3.05, 3.63) is 23.3 Å². The first-order chi connectivity index (χ1) is 7.20. The van der Waals surface area contributed by atoms with Gasteiger partial charge in [-0.1, -0.05) is 6.92 Å². The summed E-state index contributed by atoms with van der Waals surface area (Å²) < 4.78 is 0. The molecule has 2 heterocycles. The maximum Gasteiger partial charge on any atom is 0.182 e. The molecule has 0 aliphatic carbocycles. The van der Waals surface area contributed by atoms with E-state index in [1.165, 1.54) is 0 Å². The lowest BCUT2D eigenvalue weighted by molar-refractivity contribution is 0.0982. The molecular formula is C11H15N3O. The molecule has 0 saturated heterocycles. The maximum absolute atomic E-state index is 11.5. The second-order valence-corrected chi connectivity index (χ2v) is 3.91. The van der Waals surface area contributed by atoms with Gasteiger partial charge in [0.2, 0.25) is 0 Å². The molecule has 4 nitrogen and oxygen atoms in total. The lowest BCUT2D eigenvalue weighted by Gasteiger charge is -2.23. The molecule has 0 saturated carbocycles.